The van der Waals surface area contributed by atoms with Gasteiger partial charge >= 0.3 is 0 Å². The second-order valence-electron chi connectivity index (χ2n) is 10.6. The highest BCUT2D eigenvalue weighted by molar-refractivity contribution is 7.90. The van der Waals surface area contributed by atoms with E-state index in [1.54, 1.807) is 18.2 Å². The molecule has 0 atom stereocenters. The van der Waals surface area contributed by atoms with Crippen LogP contribution in [0.1, 0.15) is 66.0 Å². The third kappa shape index (κ3) is 6.47. The number of aromatic nitrogens is 3. The molecule has 1 aliphatic rings. The lowest BCUT2D eigenvalue weighted by atomic mass is 9.87. The van der Waals surface area contributed by atoms with Crippen LogP contribution in [0.25, 0.3) is 11.2 Å². The molecule has 8 nitrogen and oxygen atoms in total. The van der Waals surface area contributed by atoms with Gasteiger partial charge in [0.05, 0.1) is 11.4 Å². The van der Waals surface area contributed by atoms with E-state index in [2.05, 4.69) is 20.0 Å². The number of pyridine rings is 1. The first-order chi connectivity index (χ1) is 19.2. The van der Waals surface area contributed by atoms with E-state index in [0.29, 0.717) is 28.6 Å². The van der Waals surface area contributed by atoms with Crippen LogP contribution in [0.4, 0.5) is 5.69 Å². The van der Waals surface area contributed by atoms with E-state index in [1.165, 1.54) is 56.7 Å². The highest BCUT2D eigenvalue weighted by Gasteiger charge is 2.21. The molecular formula is C30H34ClN5O3S. The SMILES string of the molecule is Cc1ccc(S(=O)(=O)NC(=O)c2ccc3nc(C)n(Cc4ccc(NCCC5CCCCC5)cc4Cl)c3n2)cc1. The monoisotopic (exact) mass is 579 g/mol. The lowest BCUT2D eigenvalue weighted by molar-refractivity contribution is 0.0977. The third-order valence-electron chi connectivity index (χ3n) is 7.56. The standard InChI is InChI=1S/C30H34ClN5O3S/c1-20-8-12-25(13-9-20)40(38,39)35-30(37)28-15-14-27-29(34-28)36(21(2)33-27)19-23-10-11-24(18-26(23)31)32-17-16-22-6-4-3-5-7-22/h8-15,18,22,32H,3-7,16-17,19H2,1-2H3,(H,35,37). The van der Waals surface area contributed by atoms with Gasteiger partial charge in [0.25, 0.3) is 15.9 Å². The Hall–Kier alpha value is -3.43. The van der Waals surface area contributed by atoms with Gasteiger partial charge in [-0.25, -0.2) is 23.1 Å². The number of amides is 1. The number of rotatable bonds is 9. The average molecular weight is 580 g/mol. The number of carbonyl (C=O) groups excluding carboxylic acids is 1. The number of aryl methyl sites for hydroxylation is 2. The molecule has 0 aliphatic heterocycles. The predicted octanol–water partition coefficient (Wildman–Crippen LogP) is 6.25. The Kier molecular flexibility index (Phi) is 8.42. The van der Waals surface area contributed by atoms with E-state index in [4.69, 9.17) is 11.6 Å². The maximum atomic E-state index is 12.9. The summed E-state index contributed by atoms with van der Waals surface area (Å²) in [6, 6.07) is 15.4. The van der Waals surface area contributed by atoms with Gasteiger partial charge < -0.3 is 9.88 Å². The quantitative estimate of drug-likeness (QED) is 0.243. The van der Waals surface area contributed by atoms with Crippen molar-refractivity contribution in [2.45, 2.75) is 63.8 Å². The zero-order chi connectivity index (χ0) is 28.3. The number of hydrogen-bond acceptors (Lipinski definition) is 6. The fourth-order valence-corrected chi connectivity index (χ4v) is 6.43. The van der Waals surface area contributed by atoms with Crippen LogP contribution in [0.5, 0.6) is 0 Å². The summed E-state index contributed by atoms with van der Waals surface area (Å²) in [5.41, 5.74) is 3.86. The second kappa shape index (κ2) is 12.0. The number of nitrogens with zero attached hydrogens (tertiary/aromatic N) is 3. The van der Waals surface area contributed by atoms with Crippen molar-refractivity contribution in [3.8, 4) is 0 Å². The van der Waals surface area contributed by atoms with Crippen molar-refractivity contribution in [1.82, 2.24) is 19.3 Å². The van der Waals surface area contributed by atoms with Crippen LogP contribution in [-0.2, 0) is 16.6 Å². The normalized spacial score (nSPS) is 14.4. The van der Waals surface area contributed by atoms with Crippen molar-refractivity contribution in [2.24, 2.45) is 5.92 Å². The maximum Gasteiger partial charge on any atom is 0.283 e. The highest BCUT2D eigenvalue weighted by atomic mass is 35.5. The first kappa shape index (κ1) is 28.1. The zero-order valence-electron chi connectivity index (χ0n) is 22.8. The predicted molar refractivity (Wildman–Crippen MR) is 158 cm³/mol. The van der Waals surface area contributed by atoms with Gasteiger partial charge in [-0.15, -0.1) is 0 Å². The van der Waals surface area contributed by atoms with E-state index in [-0.39, 0.29) is 10.6 Å². The molecule has 5 rings (SSSR count). The van der Waals surface area contributed by atoms with Crippen LogP contribution in [0, 0.1) is 19.8 Å². The van der Waals surface area contributed by atoms with Crippen LogP contribution in [0.15, 0.2) is 59.5 Å². The van der Waals surface area contributed by atoms with Gasteiger partial charge in [-0.3, -0.25) is 4.79 Å². The number of hydrogen-bond donors (Lipinski definition) is 2. The minimum atomic E-state index is -4.04. The number of carbonyl (C=O) groups is 1. The van der Waals surface area contributed by atoms with E-state index in [9.17, 15) is 13.2 Å². The van der Waals surface area contributed by atoms with Gasteiger partial charge in [-0.1, -0.05) is 67.5 Å². The molecule has 2 aromatic carbocycles. The minimum absolute atomic E-state index is 0.00924. The summed E-state index contributed by atoms with van der Waals surface area (Å²) >= 11 is 6.67. The topological polar surface area (TPSA) is 106 Å². The van der Waals surface area contributed by atoms with Gasteiger partial charge in [0, 0.05) is 17.3 Å². The fraction of sp³-hybridized carbons (Fsp3) is 0.367. The van der Waals surface area contributed by atoms with E-state index < -0.39 is 15.9 Å². The Labute approximate surface area is 240 Å². The fourth-order valence-electron chi connectivity index (χ4n) is 5.23. The van der Waals surface area contributed by atoms with Gasteiger partial charge in [-0.05, 0) is 68.1 Å². The largest absolute Gasteiger partial charge is 0.385 e. The van der Waals surface area contributed by atoms with Crippen molar-refractivity contribution < 1.29 is 13.2 Å². The molecule has 1 fully saturated rings. The summed E-state index contributed by atoms with van der Waals surface area (Å²) in [5, 5.41) is 4.13. The molecule has 210 valence electrons. The summed E-state index contributed by atoms with van der Waals surface area (Å²) in [4.78, 5) is 22.0. The van der Waals surface area contributed by atoms with Crippen molar-refractivity contribution in [3.05, 3.63) is 82.3 Å². The number of anilines is 1. The van der Waals surface area contributed by atoms with Crippen LogP contribution in [0.2, 0.25) is 5.02 Å². The number of nitrogens with one attached hydrogen (secondary N) is 2. The van der Waals surface area contributed by atoms with Crippen molar-refractivity contribution in [1.29, 1.82) is 0 Å². The van der Waals surface area contributed by atoms with E-state index >= 15 is 0 Å². The molecule has 2 N–H and O–H groups in total. The first-order valence-electron chi connectivity index (χ1n) is 13.7. The second-order valence-corrected chi connectivity index (χ2v) is 12.6. The number of fused-ring (bicyclic) bond motifs is 1. The molecule has 40 heavy (non-hydrogen) atoms. The van der Waals surface area contributed by atoms with Crippen molar-refractivity contribution in [2.75, 3.05) is 11.9 Å². The van der Waals surface area contributed by atoms with E-state index in [1.807, 2.05) is 36.6 Å². The minimum Gasteiger partial charge on any atom is -0.385 e. The van der Waals surface area contributed by atoms with Crippen LogP contribution in [0.3, 0.4) is 0 Å². The van der Waals surface area contributed by atoms with Gasteiger partial charge in [0.2, 0.25) is 0 Å². The molecule has 0 radical (unpaired) electrons. The van der Waals surface area contributed by atoms with Gasteiger partial charge in [-0.2, -0.15) is 0 Å². The highest BCUT2D eigenvalue weighted by Crippen LogP contribution is 2.27. The Morgan fingerprint density at radius 2 is 1.75 bits per heavy atom. The zero-order valence-corrected chi connectivity index (χ0v) is 24.4. The maximum absolute atomic E-state index is 12.9. The molecule has 2 aromatic heterocycles. The molecule has 0 spiro atoms. The molecule has 1 saturated carbocycles. The summed E-state index contributed by atoms with van der Waals surface area (Å²) in [6.07, 6.45) is 7.90. The molecule has 1 aliphatic carbocycles. The lowest BCUT2D eigenvalue weighted by Crippen LogP contribution is -2.31. The van der Waals surface area contributed by atoms with Gasteiger partial charge in [0.15, 0.2) is 5.65 Å². The smallest absolute Gasteiger partial charge is 0.283 e. The van der Waals surface area contributed by atoms with E-state index in [0.717, 1.165) is 29.3 Å². The average Bonchev–Trinajstić information content (AvgIpc) is 3.24. The first-order valence-corrected chi connectivity index (χ1v) is 15.6. The summed E-state index contributed by atoms with van der Waals surface area (Å²) in [5.74, 6) is 0.711. The molecule has 1 amide bonds. The van der Waals surface area contributed by atoms with Crippen LogP contribution < -0.4 is 10.0 Å². The number of halogens is 1. The van der Waals surface area contributed by atoms with Crippen molar-refractivity contribution in [3.63, 3.8) is 0 Å². The molecule has 4 aromatic rings. The number of sulfonamides is 1. The lowest BCUT2D eigenvalue weighted by Gasteiger charge is -2.21. The molecule has 0 unspecified atom stereocenters. The number of benzene rings is 2. The van der Waals surface area contributed by atoms with Crippen LogP contribution >= 0.6 is 11.6 Å². The summed E-state index contributed by atoms with van der Waals surface area (Å²) in [7, 11) is -4.04. The molecule has 10 heteroatoms. The Morgan fingerprint density at radius 3 is 2.48 bits per heavy atom. The van der Waals surface area contributed by atoms with Crippen LogP contribution in [-0.4, -0.2) is 35.4 Å². The van der Waals surface area contributed by atoms with Gasteiger partial charge in [0.1, 0.15) is 17.0 Å². The number of imidazole rings is 1. The summed E-state index contributed by atoms with van der Waals surface area (Å²) in [6.45, 7) is 5.05. The summed E-state index contributed by atoms with van der Waals surface area (Å²) < 4.78 is 29.4. The molecule has 2 heterocycles. The Morgan fingerprint density at radius 1 is 1.00 bits per heavy atom. The van der Waals surface area contributed by atoms with Crippen molar-refractivity contribution >= 4 is 44.4 Å². The molecule has 0 saturated heterocycles. The Balaban J connectivity index is 1.30. The third-order valence-corrected chi connectivity index (χ3v) is 9.26. The molecular weight excluding hydrogens is 546 g/mol. The Bertz CT molecular complexity index is 1630. The molecule has 0 bridgehead atoms.